The summed E-state index contributed by atoms with van der Waals surface area (Å²) in [6, 6.07) is 8.95. The zero-order valence-corrected chi connectivity index (χ0v) is 13.8. The number of nitrogens with one attached hydrogen (secondary N) is 1. The first-order valence-corrected chi connectivity index (χ1v) is 7.67. The Bertz CT molecular complexity index is 773. The van der Waals surface area contributed by atoms with Gasteiger partial charge in [0.1, 0.15) is 5.82 Å². The van der Waals surface area contributed by atoms with Crippen molar-refractivity contribution in [1.82, 2.24) is 5.32 Å². The van der Waals surface area contributed by atoms with Crippen LogP contribution in [0.2, 0.25) is 0 Å². The minimum atomic E-state index is -0.393. The zero-order chi connectivity index (χ0) is 17.5. The van der Waals surface area contributed by atoms with Crippen LogP contribution in [0.25, 0.3) is 11.5 Å². The number of hydrogen-bond acceptors (Lipinski definition) is 3. The van der Waals surface area contributed by atoms with Gasteiger partial charge in [-0.05, 0) is 30.3 Å². The Labute approximate surface area is 145 Å². The molecule has 2 rings (SSSR count). The number of rotatable bonds is 6. The molecule has 0 unspecified atom stereocenters. The van der Waals surface area contributed by atoms with Crippen molar-refractivity contribution in [2.45, 2.75) is 6.61 Å². The summed E-state index contributed by atoms with van der Waals surface area (Å²) in [5.74, 6) is -0.493. The average Bonchev–Trinajstić information content (AvgIpc) is 2.60. The van der Waals surface area contributed by atoms with E-state index in [1.165, 1.54) is 24.3 Å². The first-order chi connectivity index (χ1) is 11.6. The van der Waals surface area contributed by atoms with Crippen molar-refractivity contribution in [3.05, 3.63) is 78.4 Å². The number of nitrogens with zero attached hydrogens (tertiary/aromatic N) is 1. The van der Waals surface area contributed by atoms with Crippen LogP contribution in [-0.2, 0) is 6.61 Å². The molecule has 0 aliphatic rings. The molecule has 1 heterocycles. The van der Waals surface area contributed by atoms with Crippen LogP contribution >= 0.6 is 12.2 Å². The number of hydrogen-bond donors (Lipinski definition) is 3. The molecule has 24 heavy (non-hydrogen) atoms. The monoisotopic (exact) mass is 345 g/mol. The van der Waals surface area contributed by atoms with E-state index in [2.05, 4.69) is 11.9 Å². The van der Waals surface area contributed by atoms with Gasteiger partial charge in [0.15, 0.2) is 23.1 Å². The van der Waals surface area contributed by atoms with Crippen molar-refractivity contribution >= 4 is 28.7 Å². The van der Waals surface area contributed by atoms with Gasteiger partial charge in [-0.2, -0.15) is 4.57 Å². The number of benzene rings is 1. The van der Waals surface area contributed by atoms with E-state index in [0.717, 1.165) is 0 Å². The van der Waals surface area contributed by atoms with Crippen LogP contribution < -0.4 is 9.88 Å². The van der Waals surface area contributed by atoms with Crippen molar-refractivity contribution in [1.29, 1.82) is 0 Å². The van der Waals surface area contributed by atoms with E-state index in [4.69, 9.17) is 12.2 Å². The van der Waals surface area contributed by atoms with Crippen LogP contribution in [0.15, 0.2) is 61.4 Å². The molecule has 0 bridgehead atoms. The Kier molecular flexibility index (Phi) is 6.17. The Morgan fingerprint density at radius 3 is 2.62 bits per heavy atom. The fourth-order valence-electron chi connectivity index (χ4n) is 2.10. The van der Waals surface area contributed by atoms with E-state index >= 15 is 0 Å². The third-order valence-corrected chi connectivity index (χ3v) is 3.60. The fraction of sp³-hybridized carbons (Fsp3) is 0.111. The first-order valence-electron chi connectivity index (χ1n) is 7.26. The molecular weight excluding hydrogens is 327 g/mol. The van der Waals surface area contributed by atoms with Gasteiger partial charge in [0.25, 0.3) is 5.70 Å². The summed E-state index contributed by atoms with van der Waals surface area (Å²) in [6.07, 6.45) is 5.01. The summed E-state index contributed by atoms with van der Waals surface area (Å²) in [7, 11) is 0. The van der Waals surface area contributed by atoms with Crippen molar-refractivity contribution in [2.24, 2.45) is 0 Å². The highest BCUT2D eigenvalue weighted by Gasteiger charge is 2.23. The van der Waals surface area contributed by atoms with Gasteiger partial charge in [-0.25, -0.2) is 4.39 Å². The van der Waals surface area contributed by atoms with Gasteiger partial charge in [-0.15, -0.1) is 6.58 Å². The zero-order valence-electron chi connectivity index (χ0n) is 12.9. The quantitative estimate of drug-likeness (QED) is 0.248. The van der Waals surface area contributed by atoms with Crippen LogP contribution in [0.4, 0.5) is 4.39 Å². The van der Waals surface area contributed by atoms with Gasteiger partial charge in [0.2, 0.25) is 0 Å². The highest BCUT2D eigenvalue weighted by Crippen LogP contribution is 2.17. The standard InChI is InChI=1S/C18H17FN2O2S/c1-2-9-20-18(24)16(21-10-3-4-13(11-21)12-22)17(23)14-5-7-15(19)8-6-14/h2-8,10-11,22H,1,9,12H2,(H-,20,23,24)/p+1. The molecule has 0 aliphatic heterocycles. The van der Waals surface area contributed by atoms with Gasteiger partial charge < -0.3 is 15.5 Å². The van der Waals surface area contributed by atoms with Crippen molar-refractivity contribution in [3.8, 4) is 0 Å². The largest absolute Gasteiger partial charge is 0.502 e. The summed E-state index contributed by atoms with van der Waals surface area (Å²) in [6.45, 7) is 3.91. The molecule has 0 amide bonds. The highest BCUT2D eigenvalue weighted by molar-refractivity contribution is 7.81. The van der Waals surface area contributed by atoms with Gasteiger partial charge in [0.05, 0.1) is 6.61 Å². The maximum absolute atomic E-state index is 13.1. The third-order valence-electron chi connectivity index (χ3n) is 3.27. The molecule has 1 aromatic carbocycles. The second kappa shape index (κ2) is 8.33. The predicted octanol–water partition coefficient (Wildman–Crippen LogP) is 2.59. The van der Waals surface area contributed by atoms with E-state index in [1.54, 1.807) is 35.2 Å². The molecule has 0 fully saturated rings. The first kappa shape index (κ1) is 17.8. The normalized spacial score (nSPS) is 11.6. The number of aliphatic hydroxyl groups excluding tert-OH is 2. The Hall–Kier alpha value is -2.57. The van der Waals surface area contributed by atoms with Gasteiger partial charge in [-0.1, -0.05) is 18.3 Å². The summed E-state index contributed by atoms with van der Waals surface area (Å²) in [5.41, 5.74) is 1.42. The molecule has 2 aromatic rings. The minimum absolute atomic E-state index is 0.100. The molecule has 0 aliphatic carbocycles. The van der Waals surface area contributed by atoms with Gasteiger partial charge in [-0.3, -0.25) is 0 Å². The lowest BCUT2D eigenvalue weighted by molar-refractivity contribution is -0.576. The molecule has 0 saturated heterocycles. The SMILES string of the molecule is C=CCNC(=S)/C(=C(\O)c1ccc(F)cc1)[n+]1cccc(CO)c1. The maximum Gasteiger partial charge on any atom is 0.288 e. The summed E-state index contributed by atoms with van der Waals surface area (Å²) in [4.78, 5) is 0.303. The van der Waals surface area contributed by atoms with Crippen molar-refractivity contribution in [3.63, 3.8) is 0 Å². The molecule has 6 heteroatoms. The van der Waals surface area contributed by atoms with Crippen LogP contribution in [0.5, 0.6) is 0 Å². The molecule has 0 atom stereocenters. The summed E-state index contributed by atoms with van der Waals surface area (Å²) in [5, 5.41) is 23.0. The van der Waals surface area contributed by atoms with Crippen LogP contribution in [0, 0.1) is 5.82 Å². The minimum Gasteiger partial charge on any atom is -0.502 e. The molecule has 124 valence electrons. The number of aromatic nitrogens is 1. The van der Waals surface area contributed by atoms with Gasteiger partial charge in [0, 0.05) is 23.7 Å². The van der Waals surface area contributed by atoms with Crippen LogP contribution in [0.1, 0.15) is 11.1 Å². The Balaban J connectivity index is 2.56. The van der Waals surface area contributed by atoms with Crippen LogP contribution in [0.3, 0.4) is 0 Å². The topological polar surface area (TPSA) is 56.4 Å². The highest BCUT2D eigenvalue weighted by atomic mass is 32.1. The molecule has 0 saturated carbocycles. The van der Waals surface area contributed by atoms with E-state index in [1.807, 2.05) is 0 Å². The fourth-order valence-corrected chi connectivity index (χ4v) is 2.38. The van der Waals surface area contributed by atoms with Crippen LogP contribution in [-0.4, -0.2) is 21.7 Å². The molecule has 0 spiro atoms. The third kappa shape index (κ3) is 4.24. The molecule has 4 nitrogen and oxygen atoms in total. The maximum atomic E-state index is 13.1. The Morgan fingerprint density at radius 1 is 1.29 bits per heavy atom. The number of thiocarbonyl (C=S) groups is 1. The Morgan fingerprint density at radius 2 is 2.00 bits per heavy atom. The van der Waals surface area contributed by atoms with E-state index in [9.17, 15) is 14.6 Å². The lowest BCUT2D eigenvalue weighted by Crippen LogP contribution is -2.41. The lowest BCUT2D eigenvalue weighted by Gasteiger charge is -2.09. The number of pyridine rings is 1. The predicted molar refractivity (Wildman–Crippen MR) is 95.5 cm³/mol. The molecule has 1 aromatic heterocycles. The molecular formula is C18H18FN2O2S+. The van der Waals surface area contributed by atoms with E-state index in [0.29, 0.717) is 28.4 Å². The second-order valence-electron chi connectivity index (χ2n) is 4.98. The smallest absolute Gasteiger partial charge is 0.288 e. The number of halogens is 1. The van der Waals surface area contributed by atoms with Gasteiger partial charge >= 0.3 is 0 Å². The summed E-state index contributed by atoms with van der Waals surface area (Å²) < 4.78 is 14.7. The second-order valence-corrected chi connectivity index (χ2v) is 5.39. The van der Waals surface area contributed by atoms with Crippen molar-refractivity contribution < 1.29 is 19.2 Å². The number of aliphatic hydroxyl groups is 2. The van der Waals surface area contributed by atoms with E-state index in [-0.39, 0.29) is 12.4 Å². The van der Waals surface area contributed by atoms with Crippen molar-refractivity contribution in [2.75, 3.05) is 6.54 Å². The molecule has 3 N–H and O–H groups in total. The lowest BCUT2D eigenvalue weighted by atomic mass is 10.1. The molecule has 0 radical (unpaired) electrons. The van der Waals surface area contributed by atoms with E-state index < -0.39 is 5.82 Å². The summed E-state index contributed by atoms with van der Waals surface area (Å²) >= 11 is 5.37. The average molecular weight is 345 g/mol.